The fraction of sp³-hybridized carbons (Fsp3) is 0.200. The molecule has 0 atom stereocenters. The van der Waals surface area contributed by atoms with Gasteiger partial charge in [-0.2, -0.15) is 0 Å². The van der Waals surface area contributed by atoms with E-state index < -0.39 is 4.92 Å². The van der Waals surface area contributed by atoms with Crippen molar-refractivity contribution in [1.82, 2.24) is 15.0 Å². The summed E-state index contributed by atoms with van der Waals surface area (Å²) in [6.07, 6.45) is 1.69. The van der Waals surface area contributed by atoms with Gasteiger partial charge in [0, 0.05) is 13.2 Å². The van der Waals surface area contributed by atoms with E-state index >= 15 is 0 Å². The van der Waals surface area contributed by atoms with Gasteiger partial charge >= 0.3 is 5.69 Å². The topological polar surface area (TPSA) is 96.7 Å². The first-order valence-electron chi connectivity index (χ1n) is 4.98. The summed E-state index contributed by atoms with van der Waals surface area (Å²) in [5.74, 6) is 0.359. The number of aromatic nitrogens is 3. The number of hydrogen-bond donors (Lipinski definition) is 2. The first-order chi connectivity index (χ1) is 8.13. The van der Waals surface area contributed by atoms with Gasteiger partial charge in [-0.1, -0.05) is 0 Å². The molecule has 7 heteroatoms. The number of nitrogens with zero attached hydrogens (tertiary/aromatic N) is 3. The van der Waals surface area contributed by atoms with Crippen molar-refractivity contribution >= 4 is 11.6 Å². The SMILES string of the molecule is CNc1nc(C)c([N+](=O)[O-])c(-c2ccc[nH]2)n1. The van der Waals surface area contributed by atoms with Crippen molar-refractivity contribution in [3.8, 4) is 11.4 Å². The summed E-state index contributed by atoms with van der Waals surface area (Å²) in [6.45, 7) is 1.59. The molecule has 2 aromatic rings. The smallest absolute Gasteiger partial charge is 0.318 e. The second kappa shape index (κ2) is 4.20. The number of H-pyrrole nitrogens is 1. The van der Waals surface area contributed by atoms with Crippen molar-refractivity contribution in [3.63, 3.8) is 0 Å². The first-order valence-corrected chi connectivity index (χ1v) is 4.98. The third-order valence-corrected chi connectivity index (χ3v) is 2.32. The highest BCUT2D eigenvalue weighted by Gasteiger charge is 2.23. The van der Waals surface area contributed by atoms with Crippen LogP contribution in [0.1, 0.15) is 5.69 Å². The van der Waals surface area contributed by atoms with Crippen molar-refractivity contribution in [2.24, 2.45) is 0 Å². The third kappa shape index (κ3) is 1.94. The van der Waals surface area contributed by atoms with Crippen LogP contribution in [-0.2, 0) is 0 Å². The first kappa shape index (κ1) is 11.1. The van der Waals surface area contributed by atoms with Crippen molar-refractivity contribution in [3.05, 3.63) is 34.1 Å². The number of hydrogen-bond acceptors (Lipinski definition) is 5. The molecule has 17 heavy (non-hydrogen) atoms. The van der Waals surface area contributed by atoms with E-state index in [0.717, 1.165) is 0 Å². The van der Waals surface area contributed by atoms with Gasteiger partial charge in [0.25, 0.3) is 0 Å². The highest BCUT2D eigenvalue weighted by atomic mass is 16.6. The van der Waals surface area contributed by atoms with E-state index in [2.05, 4.69) is 20.3 Å². The van der Waals surface area contributed by atoms with E-state index in [1.807, 2.05) is 0 Å². The van der Waals surface area contributed by atoms with E-state index in [1.54, 1.807) is 32.3 Å². The molecule has 0 saturated heterocycles. The molecule has 2 heterocycles. The zero-order chi connectivity index (χ0) is 12.4. The summed E-state index contributed by atoms with van der Waals surface area (Å²) in [5.41, 5.74) is 1.14. The molecular weight excluding hydrogens is 222 g/mol. The average Bonchev–Trinajstić information content (AvgIpc) is 2.80. The van der Waals surface area contributed by atoms with Gasteiger partial charge in [0.05, 0.1) is 10.6 Å². The number of rotatable bonds is 3. The lowest BCUT2D eigenvalue weighted by molar-refractivity contribution is -0.385. The molecule has 0 radical (unpaired) electrons. The number of nitrogens with one attached hydrogen (secondary N) is 2. The molecule has 7 nitrogen and oxygen atoms in total. The average molecular weight is 233 g/mol. The van der Waals surface area contributed by atoms with Crippen molar-refractivity contribution in [2.45, 2.75) is 6.92 Å². The molecule has 0 aromatic carbocycles. The minimum Gasteiger partial charge on any atom is -0.360 e. The standard InChI is InChI=1S/C10H11N5O2/c1-6-9(15(16)17)8(7-4-3-5-12-7)14-10(11-2)13-6/h3-5,12H,1-2H3,(H,11,13,14). The third-order valence-electron chi connectivity index (χ3n) is 2.32. The Hall–Kier alpha value is -2.44. The summed E-state index contributed by atoms with van der Waals surface area (Å²) in [4.78, 5) is 21.6. The highest BCUT2D eigenvalue weighted by Crippen LogP contribution is 2.29. The molecule has 2 aromatic heterocycles. The van der Waals surface area contributed by atoms with Gasteiger partial charge in [-0.3, -0.25) is 10.1 Å². The fourth-order valence-electron chi connectivity index (χ4n) is 1.56. The molecule has 0 aliphatic rings. The van der Waals surface area contributed by atoms with Crippen LogP contribution in [0.15, 0.2) is 18.3 Å². The largest absolute Gasteiger partial charge is 0.360 e. The van der Waals surface area contributed by atoms with Crippen molar-refractivity contribution in [1.29, 1.82) is 0 Å². The van der Waals surface area contributed by atoms with Gasteiger partial charge in [-0.05, 0) is 19.1 Å². The second-order valence-corrected chi connectivity index (χ2v) is 3.42. The lowest BCUT2D eigenvalue weighted by atomic mass is 10.2. The van der Waals surface area contributed by atoms with E-state index in [0.29, 0.717) is 17.3 Å². The van der Waals surface area contributed by atoms with Crippen molar-refractivity contribution < 1.29 is 4.92 Å². The van der Waals surface area contributed by atoms with E-state index in [-0.39, 0.29) is 11.4 Å². The molecule has 0 amide bonds. The maximum Gasteiger partial charge on any atom is 0.318 e. The van der Waals surface area contributed by atoms with Gasteiger partial charge in [-0.15, -0.1) is 0 Å². The van der Waals surface area contributed by atoms with Crippen LogP contribution >= 0.6 is 0 Å². The van der Waals surface area contributed by atoms with Crippen LogP contribution in [0.4, 0.5) is 11.6 Å². The summed E-state index contributed by atoms with van der Waals surface area (Å²) in [6, 6.07) is 3.49. The molecule has 88 valence electrons. The fourth-order valence-corrected chi connectivity index (χ4v) is 1.56. The summed E-state index contributed by atoms with van der Waals surface area (Å²) < 4.78 is 0. The minimum atomic E-state index is -0.467. The monoisotopic (exact) mass is 233 g/mol. The van der Waals surface area contributed by atoms with Crippen molar-refractivity contribution in [2.75, 3.05) is 12.4 Å². The highest BCUT2D eigenvalue weighted by molar-refractivity contribution is 5.69. The number of anilines is 1. The zero-order valence-corrected chi connectivity index (χ0v) is 9.39. The zero-order valence-electron chi connectivity index (χ0n) is 9.39. The van der Waals surface area contributed by atoms with Gasteiger partial charge in [0.15, 0.2) is 5.69 Å². The van der Waals surface area contributed by atoms with Crippen LogP contribution in [0.2, 0.25) is 0 Å². The predicted octanol–water partition coefficient (Wildman–Crippen LogP) is 1.73. The number of nitro groups is 1. The summed E-state index contributed by atoms with van der Waals surface area (Å²) in [5, 5.41) is 13.8. The normalized spacial score (nSPS) is 10.2. The van der Waals surface area contributed by atoms with Gasteiger partial charge in [0.2, 0.25) is 5.95 Å². The Bertz CT molecular complexity index is 550. The van der Waals surface area contributed by atoms with Crippen LogP contribution in [0.3, 0.4) is 0 Å². The summed E-state index contributed by atoms with van der Waals surface area (Å²) >= 11 is 0. The van der Waals surface area contributed by atoms with Gasteiger partial charge in [-0.25, -0.2) is 9.97 Å². The molecule has 2 rings (SSSR count). The Labute approximate surface area is 97.1 Å². The molecule has 0 aliphatic carbocycles. The Morgan fingerprint density at radius 3 is 2.76 bits per heavy atom. The van der Waals surface area contributed by atoms with Gasteiger partial charge in [0.1, 0.15) is 5.69 Å². The second-order valence-electron chi connectivity index (χ2n) is 3.42. The quantitative estimate of drug-likeness (QED) is 0.621. The van der Waals surface area contributed by atoms with E-state index in [4.69, 9.17) is 0 Å². The van der Waals surface area contributed by atoms with Crippen LogP contribution in [0, 0.1) is 17.0 Å². The molecule has 2 N–H and O–H groups in total. The van der Waals surface area contributed by atoms with Crippen LogP contribution < -0.4 is 5.32 Å². The van der Waals surface area contributed by atoms with Crippen LogP contribution in [-0.4, -0.2) is 26.9 Å². The molecule has 0 saturated carbocycles. The molecule has 0 spiro atoms. The minimum absolute atomic E-state index is 0.0774. The van der Waals surface area contributed by atoms with E-state index in [1.165, 1.54) is 0 Å². The molecule has 0 aliphatic heterocycles. The van der Waals surface area contributed by atoms with E-state index in [9.17, 15) is 10.1 Å². The predicted molar refractivity (Wildman–Crippen MR) is 62.8 cm³/mol. The van der Waals surface area contributed by atoms with Crippen LogP contribution in [0.25, 0.3) is 11.4 Å². The maximum absolute atomic E-state index is 11.0. The lowest BCUT2D eigenvalue weighted by Crippen LogP contribution is -2.05. The molecule has 0 fully saturated rings. The molecular formula is C10H11N5O2. The Morgan fingerprint density at radius 2 is 2.24 bits per heavy atom. The Morgan fingerprint density at radius 1 is 1.47 bits per heavy atom. The Kier molecular flexibility index (Phi) is 2.73. The van der Waals surface area contributed by atoms with Crippen LogP contribution in [0.5, 0.6) is 0 Å². The number of aromatic amines is 1. The van der Waals surface area contributed by atoms with Gasteiger partial charge < -0.3 is 10.3 Å². The molecule has 0 unspecified atom stereocenters. The molecule has 0 bridgehead atoms. The maximum atomic E-state index is 11.0. The Balaban J connectivity index is 2.70. The summed E-state index contributed by atoms with van der Waals surface area (Å²) in [7, 11) is 1.67. The number of aryl methyl sites for hydroxylation is 1. The lowest BCUT2D eigenvalue weighted by Gasteiger charge is -2.05.